The van der Waals surface area contributed by atoms with Gasteiger partial charge in [-0.1, -0.05) is 89.5 Å². The second-order valence-corrected chi connectivity index (χ2v) is 10.6. The Morgan fingerprint density at radius 2 is 1.37 bits per heavy atom. The minimum Gasteiger partial charge on any atom is -0.350 e. The average Bonchev–Trinajstić information content (AvgIpc) is 2.75. The lowest BCUT2D eigenvalue weighted by Gasteiger charge is -2.34. The van der Waals surface area contributed by atoms with E-state index < -0.39 is 11.6 Å². The number of carbonyl (C=O) groups excluding carboxylic acids is 2. The first-order chi connectivity index (χ1) is 16.5. The van der Waals surface area contributed by atoms with Crippen molar-refractivity contribution in [3.8, 4) is 0 Å². The summed E-state index contributed by atoms with van der Waals surface area (Å²) in [6.45, 7) is 12.4. The number of amides is 2. The maximum absolute atomic E-state index is 13.9. The second-order valence-electron chi connectivity index (χ2n) is 10.6. The van der Waals surface area contributed by atoms with Crippen LogP contribution in [0.1, 0.15) is 54.2 Å². The van der Waals surface area contributed by atoms with Crippen LogP contribution < -0.4 is 5.32 Å². The number of aryl methyl sites for hydroxylation is 3. The molecule has 4 nitrogen and oxygen atoms in total. The first-order valence-electron chi connectivity index (χ1n) is 12.3. The molecule has 0 saturated heterocycles. The molecule has 0 unspecified atom stereocenters. The van der Waals surface area contributed by atoms with Crippen molar-refractivity contribution >= 4 is 11.8 Å². The van der Waals surface area contributed by atoms with Gasteiger partial charge in [-0.3, -0.25) is 9.59 Å². The lowest BCUT2D eigenvalue weighted by molar-refractivity contribution is -0.141. The van der Waals surface area contributed by atoms with E-state index in [0.717, 1.165) is 33.4 Å². The van der Waals surface area contributed by atoms with Crippen molar-refractivity contribution in [3.63, 3.8) is 0 Å². The van der Waals surface area contributed by atoms with E-state index in [-0.39, 0.29) is 18.2 Å². The summed E-state index contributed by atoms with van der Waals surface area (Å²) in [6.07, 6.45) is 0.704. The molecule has 0 fully saturated rings. The van der Waals surface area contributed by atoms with E-state index >= 15 is 0 Å². The number of hydrogen-bond acceptors (Lipinski definition) is 2. The van der Waals surface area contributed by atoms with E-state index in [9.17, 15) is 9.59 Å². The molecular formula is C31H38N2O2. The van der Waals surface area contributed by atoms with Crippen molar-refractivity contribution in [2.75, 3.05) is 0 Å². The summed E-state index contributed by atoms with van der Waals surface area (Å²) in [7, 11) is 0. The standard InChI is InChI=1S/C31H38N2O2/c1-22-11-10-14-26(16-22)21-33(29(34)20-27-17-23(2)15-24(3)18-27)28(30(35)32-31(4,5)6)19-25-12-8-7-9-13-25/h7-18,28H,19-21H2,1-6H3,(H,32,35)/t28-/m0/s1. The zero-order valence-electron chi connectivity index (χ0n) is 21.9. The summed E-state index contributed by atoms with van der Waals surface area (Å²) in [5, 5.41) is 3.12. The lowest BCUT2D eigenvalue weighted by Crippen LogP contribution is -2.54. The molecule has 184 valence electrons. The van der Waals surface area contributed by atoms with Crippen LogP contribution in [0.4, 0.5) is 0 Å². The molecule has 0 saturated carbocycles. The van der Waals surface area contributed by atoms with E-state index in [1.807, 2.05) is 90.1 Å². The zero-order valence-corrected chi connectivity index (χ0v) is 21.9. The smallest absolute Gasteiger partial charge is 0.243 e. The molecular weight excluding hydrogens is 432 g/mol. The van der Waals surface area contributed by atoms with Gasteiger partial charge in [0.15, 0.2) is 0 Å². The number of rotatable bonds is 8. The van der Waals surface area contributed by atoms with Gasteiger partial charge in [-0.15, -0.1) is 0 Å². The highest BCUT2D eigenvalue weighted by molar-refractivity contribution is 5.89. The molecule has 4 heteroatoms. The Balaban J connectivity index is 2.01. The normalized spacial score (nSPS) is 12.2. The van der Waals surface area contributed by atoms with Gasteiger partial charge in [0.25, 0.3) is 0 Å². The van der Waals surface area contributed by atoms with E-state index in [1.165, 1.54) is 0 Å². The van der Waals surface area contributed by atoms with Gasteiger partial charge in [0.2, 0.25) is 11.8 Å². The van der Waals surface area contributed by atoms with Crippen LogP contribution >= 0.6 is 0 Å². The summed E-state index contributed by atoms with van der Waals surface area (Å²) in [5.74, 6) is -0.190. The monoisotopic (exact) mass is 470 g/mol. The highest BCUT2D eigenvalue weighted by Crippen LogP contribution is 2.19. The topological polar surface area (TPSA) is 49.4 Å². The van der Waals surface area contributed by atoms with Crippen LogP contribution in [0.15, 0.2) is 72.8 Å². The Kier molecular flexibility index (Phi) is 8.50. The van der Waals surface area contributed by atoms with Crippen LogP contribution in [-0.2, 0) is 29.0 Å². The summed E-state index contributed by atoms with van der Waals surface area (Å²) in [4.78, 5) is 29.3. The minimum atomic E-state index is -0.629. The van der Waals surface area contributed by atoms with E-state index in [4.69, 9.17) is 0 Å². The Bertz CT molecular complexity index is 1140. The number of hydrogen-bond donors (Lipinski definition) is 1. The summed E-state index contributed by atoms with van der Waals surface area (Å²) >= 11 is 0. The van der Waals surface area contributed by atoms with Crippen molar-refractivity contribution in [3.05, 3.63) is 106 Å². The third kappa shape index (κ3) is 8.10. The molecule has 1 atom stereocenters. The quantitative estimate of drug-likeness (QED) is 0.458. The Hall–Kier alpha value is -3.40. The minimum absolute atomic E-state index is 0.0542. The van der Waals surface area contributed by atoms with Crippen molar-refractivity contribution in [1.82, 2.24) is 10.2 Å². The molecule has 0 aliphatic carbocycles. The Morgan fingerprint density at radius 3 is 1.97 bits per heavy atom. The molecule has 0 spiro atoms. The maximum atomic E-state index is 13.9. The van der Waals surface area contributed by atoms with Gasteiger partial charge in [-0.05, 0) is 58.2 Å². The van der Waals surface area contributed by atoms with Gasteiger partial charge in [0.1, 0.15) is 6.04 Å². The molecule has 0 aliphatic heterocycles. The number of benzene rings is 3. The average molecular weight is 471 g/mol. The molecule has 1 N–H and O–H groups in total. The van der Waals surface area contributed by atoms with E-state index in [1.54, 1.807) is 4.90 Å². The van der Waals surface area contributed by atoms with Gasteiger partial charge in [0.05, 0.1) is 6.42 Å². The first kappa shape index (κ1) is 26.2. The van der Waals surface area contributed by atoms with E-state index in [0.29, 0.717) is 13.0 Å². The fourth-order valence-electron chi connectivity index (χ4n) is 4.46. The van der Waals surface area contributed by atoms with Gasteiger partial charge < -0.3 is 10.2 Å². The molecule has 35 heavy (non-hydrogen) atoms. The van der Waals surface area contributed by atoms with Crippen molar-refractivity contribution in [2.45, 2.75) is 72.5 Å². The SMILES string of the molecule is Cc1cc(C)cc(CC(=O)N(Cc2cccc(C)c2)[C@@H](Cc2ccccc2)C(=O)NC(C)(C)C)c1. The number of nitrogens with one attached hydrogen (secondary N) is 1. The number of carbonyl (C=O) groups is 2. The molecule has 3 aromatic rings. The molecule has 0 aromatic heterocycles. The molecule has 3 rings (SSSR count). The van der Waals surface area contributed by atoms with Crippen LogP contribution in [0, 0.1) is 20.8 Å². The number of nitrogens with zero attached hydrogens (tertiary/aromatic N) is 1. The molecule has 0 radical (unpaired) electrons. The van der Waals surface area contributed by atoms with Gasteiger partial charge in [-0.2, -0.15) is 0 Å². The van der Waals surface area contributed by atoms with Crippen LogP contribution in [0.5, 0.6) is 0 Å². The zero-order chi connectivity index (χ0) is 25.6. The van der Waals surface area contributed by atoms with Crippen LogP contribution in [0.3, 0.4) is 0 Å². The van der Waals surface area contributed by atoms with Gasteiger partial charge in [-0.25, -0.2) is 0 Å². The summed E-state index contributed by atoms with van der Waals surface area (Å²) < 4.78 is 0. The fourth-order valence-corrected chi connectivity index (χ4v) is 4.46. The van der Waals surface area contributed by atoms with E-state index in [2.05, 4.69) is 29.6 Å². The van der Waals surface area contributed by atoms with Crippen LogP contribution in [-0.4, -0.2) is 28.3 Å². The summed E-state index contributed by atoms with van der Waals surface area (Å²) in [6, 6.07) is 23.6. The molecule has 3 aromatic carbocycles. The van der Waals surface area contributed by atoms with Crippen molar-refractivity contribution in [1.29, 1.82) is 0 Å². The molecule has 0 bridgehead atoms. The Labute approximate surface area is 210 Å². The Morgan fingerprint density at radius 1 is 0.771 bits per heavy atom. The van der Waals surface area contributed by atoms with Crippen LogP contribution in [0.25, 0.3) is 0 Å². The predicted octanol–water partition coefficient (Wildman–Crippen LogP) is 5.71. The molecule has 0 aliphatic rings. The summed E-state index contributed by atoms with van der Waals surface area (Å²) in [5.41, 5.74) is 5.99. The first-order valence-corrected chi connectivity index (χ1v) is 12.3. The third-order valence-electron chi connectivity index (χ3n) is 5.84. The molecule has 0 heterocycles. The third-order valence-corrected chi connectivity index (χ3v) is 5.84. The van der Waals surface area contributed by atoms with Crippen molar-refractivity contribution < 1.29 is 9.59 Å². The highest BCUT2D eigenvalue weighted by Gasteiger charge is 2.32. The van der Waals surface area contributed by atoms with Gasteiger partial charge >= 0.3 is 0 Å². The molecule has 2 amide bonds. The highest BCUT2D eigenvalue weighted by atomic mass is 16.2. The maximum Gasteiger partial charge on any atom is 0.243 e. The lowest BCUT2D eigenvalue weighted by atomic mass is 9.99. The van der Waals surface area contributed by atoms with Crippen LogP contribution in [0.2, 0.25) is 0 Å². The fraction of sp³-hybridized carbons (Fsp3) is 0.355. The second kappa shape index (κ2) is 11.4. The van der Waals surface area contributed by atoms with Crippen molar-refractivity contribution in [2.24, 2.45) is 0 Å². The van der Waals surface area contributed by atoms with Gasteiger partial charge in [0, 0.05) is 18.5 Å². The largest absolute Gasteiger partial charge is 0.350 e. The predicted molar refractivity (Wildman–Crippen MR) is 143 cm³/mol.